The van der Waals surface area contributed by atoms with E-state index in [2.05, 4.69) is 9.79 Å². The van der Waals surface area contributed by atoms with Crippen LogP contribution in [0.15, 0.2) is 44.9 Å². The summed E-state index contributed by atoms with van der Waals surface area (Å²) < 4.78 is 34.5. The van der Waals surface area contributed by atoms with Crippen LogP contribution in [-0.4, -0.2) is 31.4 Å². The summed E-state index contributed by atoms with van der Waals surface area (Å²) >= 11 is 0. The van der Waals surface area contributed by atoms with Gasteiger partial charge in [-0.25, -0.2) is 8.42 Å². The third-order valence-corrected chi connectivity index (χ3v) is 4.89. The van der Waals surface area contributed by atoms with Gasteiger partial charge in [-0.2, -0.15) is 0 Å². The van der Waals surface area contributed by atoms with Crippen LogP contribution in [0.25, 0.3) is 0 Å². The molecule has 1 aromatic carbocycles. The van der Waals surface area contributed by atoms with Gasteiger partial charge in [0.2, 0.25) is 0 Å². The zero-order valence-corrected chi connectivity index (χ0v) is 13.4. The SMILES string of the molecule is CCCC(O)CCOc1no[n+]([O-])c1S(=O)(=O)c1ccccc1. The van der Waals surface area contributed by atoms with E-state index in [9.17, 15) is 18.7 Å². The topological polar surface area (TPSA) is 117 Å². The second-order valence-electron chi connectivity index (χ2n) is 4.94. The van der Waals surface area contributed by atoms with Gasteiger partial charge in [0.15, 0.2) is 0 Å². The van der Waals surface area contributed by atoms with Gasteiger partial charge >= 0.3 is 10.9 Å². The Morgan fingerprint density at radius 1 is 1.35 bits per heavy atom. The molecule has 1 atom stereocenters. The fraction of sp³-hybridized carbons (Fsp3) is 0.429. The summed E-state index contributed by atoms with van der Waals surface area (Å²) in [5.41, 5.74) is 0. The van der Waals surface area contributed by atoms with Crippen LogP contribution in [0.4, 0.5) is 0 Å². The maximum Gasteiger partial charge on any atom is 0.414 e. The number of nitrogens with zero attached hydrogens (tertiary/aromatic N) is 2. The van der Waals surface area contributed by atoms with Crippen LogP contribution in [-0.2, 0) is 9.84 Å². The van der Waals surface area contributed by atoms with Gasteiger partial charge in [0.25, 0.3) is 9.84 Å². The highest BCUT2D eigenvalue weighted by molar-refractivity contribution is 7.91. The number of ether oxygens (including phenoxy) is 1. The molecule has 0 saturated heterocycles. The lowest BCUT2D eigenvalue weighted by Gasteiger charge is -2.08. The minimum atomic E-state index is -4.11. The zero-order chi connectivity index (χ0) is 16.9. The summed E-state index contributed by atoms with van der Waals surface area (Å²) in [6.45, 7) is 1.96. The molecule has 0 aliphatic carbocycles. The predicted octanol–water partition coefficient (Wildman–Crippen LogP) is 1.07. The number of sulfone groups is 1. The maximum atomic E-state index is 12.5. The summed E-state index contributed by atoms with van der Waals surface area (Å²) in [5, 5.41) is 23.9. The monoisotopic (exact) mass is 342 g/mol. The van der Waals surface area contributed by atoms with E-state index in [0.29, 0.717) is 12.8 Å². The molecule has 0 spiro atoms. The third kappa shape index (κ3) is 3.99. The molecule has 8 nitrogen and oxygen atoms in total. The number of aliphatic hydroxyl groups excluding tert-OH is 1. The molecule has 0 aliphatic heterocycles. The first kappa shape index (κ1) is 17.2. The summed E-state index contributed by atoms with van der Waals surface area (Å²) in [6, 6.07) is 7.45. The summed E-state index contributed by atoms with van der Waals surface area (Å²) in [7, 11) is -4.11. The van der Waals surface area contributed by atoms with Crippen molar-refractivity contribution in [3.8, 4) is 5.88 Å². The molecule has 1 aromatic heterocycles. The predicted molar refractivity (Wildman–Crippen MR) is 78.4 cm³/mol. The van der Waals surface area contributed by atoms with Crippen molar-refractivity contribution in [2.75, 3.05) is 6.61 Å². The molecule has 2 rings (SSSR count). The Morgan fingerprint density at radius 3 is 2.70 bits per heavy atom. The Bertz CT molecular complexity index is 729. The first-order chi connectivity index (χ1) is 11.0. The third-order valence-electron chi connectivity index (χ3n) is 3.17. The van der Waals surface area contributed by atoms with Crippen molar-refractivity contribution in [1.29, 1.82) is 0 Å². The molecule has 1 heterocycles. The van der Waals surface area contributed by atoms with E-state index in [1.165, 1.54) is 24.3 Å². The molecule has 0 bridgehead atoms. The number of hydrogen-bond donors (Lipinski definition) is 1. The summed E-state index contributed by atoms with van der Waals surface area (Å²) in [4.78, 5) is -0.260. The minimum Gasteiger partial charge on any atom is -0.454 e. The van der Waals surface area contributed by atoms with Crippen LogP contribution >= 0.6 is 0 Å². The first-order valence-electron chi connectivity index (χ1n) is 7.17. The number of aromatic nitrogens is 2. The van der Waals surface area contributed by atoms with Gasteiger partial charge in [-0.15, -0.1) is 0 Å². The van der Waals surface area contributed by atoms with E-state index in [1.807, 2.05) is 6.92 Å². The van der Waals surface area contributed by atoms with Crippen molar-refractivity contribution >= 4 is 9.84 Å². The molecule has 0 amide bonds. The van der Waals surface area contributed by atoms with Gasteiger partial charge in [0, 0.05) is 6.42 Å². The first-order valence-corrected chi connectivity index (χ1v) is 8.65. The van der Waals surface area contributed by atoms with Gasteiger partial charge in [0.1, 0.15) is 0 Å². The van der Waals surface area contributed by atoms with Crippen molar-refractivity contribution in [3.63, 3.8) is 0 Å². The van der Waals surface area contributed by atoms with Crippen molar-refractivity contribution in [3.05, 3.63) is 35.5 Å². The molecule has 0 aliphatic rings. The van der Waals surface area contributed by atoms with E-state index in [4.69, 9.17) is 4.74 Å². The molecule has 0 radical (unpaired) electrons. The van der Waals surface area contributed by atoms with Crippen molar-refractivity contribution in [2.45, 2.75) is 42.2 Å². The maximum absolute atomic E-state index is 12.5. The molecular weight excluding hydrogens is 324 g/mol. The molecule has 126 valence electrons. The Morgan fingerprint density at radius 2 is 2.04 bits per heavy atom. The molecular formula is C14H18N2O6S. The molecule has 1 unspecified atom stereocenters. The summed E-state index contributed by atoms with van der Waals surface area (Å²) in [6.07, 6.45) is 1.17. The number of rotatable bonds is 8. The zero-order valence-electron chi connectivity index (χ0n) is 12.6. The van der Waals surface area contributed by atoms with Gasteiger partial charge in [-0.1, -0.05) is 31.5 Å². The van der Waals surface area contributed by atoms with Crippen LogP contribution in [0.3, 0.4) is 0 Å². The van der Waals surface area contributed by atoms with Crippen LogP contribution in [0.1, 0.15) is 26.2 Å². The number of aliphatic hydroxyl groups is 1. The van der Waals surface area contributed by atoms with E-state index in [-0.39, 0.29) is 16.4 Å². The lowest BCUT2D eigenvalue weighted by Crippen LogP contribution is -2.31. The molecule has 23 heavy (non-hydrogen) atoms. The highest BCUT2D eigenvalue weighted by atomic mass is 32.2. The normalized spacial score (nSPS) is 13.0. The quantitative estimate of drug-likeness (QED) is 0.713. The smallest absolute Gasteiger partial charge is 0.414 e. The Balaban J connectivity index is 2.19. The standard InChI is InChI=1S/C14H18N2O6S/c1-2-6-11(17)9-10-21-13-14(16(18)22-15-13)23(19,20)12-7-4-3-5-8-12/h3-5,7-8,11,17H,2,6,9-10H2,1H3. The van der Waals surface area contributed by atoms with E-state index >= 15 is 0 Å². The summed E-state index contributed by atoms with van der Waals surface area (Å²) in [5.74, 6) is -0.410. The van der Waals surface area contributed by atoms with Crippen LogP contribution in [0.5, 0.6) is 5.88 Å². The second kappa shape index (κ2) is 7.42. The lowest BCUT2D eigenvalue weighted by molar-refractivity contribution is -0.832. The Labute approximate surface area is 133 Å². The second-order valence-corrected chi connectivity index (χ2v) is 6.80. The number of benzene rings is 1. The molecule has 0 fully saturated rings. The lowest BCUT2D eigenvalue weighted by atomic mass is 10.1. The average Bonchev–Trinajstić information content (AvgIpc) is 2.90. The van der Waals surface area contributed by atoms with Gasteiger partial charge in [-0.3, -0.25) is 4.63 Å². The molecule has 1 N–H and O–H groups in total. The highest BCUT2D eigenvalue weighted by Crippen LogP contribution is 2.25. The van der Waals surface area contributed by atoms with E-state index in [1.54, 1.807) is 6.07 Å². The van der Waals surface area contributed by atoms with Crippen LogP contribution in [0, 0.1) is 5.21 Å². The molecule has 0 saturated carbocycles. The fourth-order valence-corrected chi connectivity index (χ4v) is 3.30. The van der Waals surface area contributed by atoms with Gasteiger partial charge in [0.05, 0.1) is 22.8 Å². The van der Waals surface area contributed by atoms with Gasteiger partial charge < -0.3 is 15.1 Å². The van der Waals surface area contributed by atoms with Crippen molar-refractivity contribution in [1.82, 2.24) is 5.16 Å². The van der Waals surface area contributed by atoms with E-state index in [0.717, 1.165) is 6.42 Å². The van der Waals surface area contributed by atoms with Crippen LogP contribution in [0.2, 0.25) is 0 Å². The highest BCUT2D eigenvalue weighted by Gasteiger charge is 2.35. The van der Waals surface area contributed by atoms with Gasteiger partial charge in [-0.05, 0) is 23.5 Å². The van der Waals surface area contributed by atoms with Crippen molar-refractivity contribution < 1.29 is 27.8 Å². The average molecular weight is 342 g/mol. The van der Waals surface area contributed by atoms with Crippen LogP contribution < -0.4 is 9.64 Å². The largest absolute Gasteiger partial charge is 0.454 e. The molecule has 2 aromatic rings. The number of hydrogen-bond acceptors (Lipinski definition) is 7. The Kier molecular flexibility index (Phi) is 5.56. The van der Waals surface area contributed by atoms with E-state index < -0.39 is 26.8 Å². The minimum absolute atomic E-state index is 0.0189. The van der Waals surface area contributed by atoms with Crippen molar-refractivity contribution in [2.24, 2.45) is 0 Å². The Hall–Kier alpha value is -2.13. The fourth-order valence-electron chi connectivity index (χ4n) is 2.01. The molecule has 9 heteroatoms.